The van der Waals surface area contributed by atoms with Gasteiger partial charge in [-0.1, -0.05) is 6.07 Å². The number of nitrogens with zero attached hydrogens (tertiary/aromatic N) is 4. The van der Waals surface area contributed by atoms with Gasteiger partial charge in [-0.3, -0.25) is 19.8 Å². The van der Waals surface area contributed by atoms with Gasteiger partial charge in [0.1, 0.15) is 0 Å². The van der Waals surface area contributed by atoms with Gasteiger partial charge in [-0.15, -0.1) is 0 Å². The maximum atomic E-state index is 12.2. The molecule has 0 radical (unpaired) electrons. The highest BCUT2D eigenvalue weighted by Gasteiger charge is 2.29. The van der Waals surface area contributed by atoms with Crippen LogP contribution in [0.1, 0.15) is 6.42 Å². The first-order valence-corrected chi connectivity index (χ1v) is 9.24. The fourth-order valence-electron chi connectivity index (χ4n) is 3.51. The van der Waals surface area contributed by atoms with E-state index in [1.807, 2.05) is 6.07 Å². The second-order valence-corrected chi connectivity index (χ2v) is 6.84. The number of aromatic nitrogens is 1. The van der Waals surface area contributed by atoms with Crippen LogP contribution in [0.15, 0.2) is 42.6 Å². The predicted octanol–water partition coefficient (Wildman–Crippen LogP) is 1.90. The minimum Gasteiger partial charge on any atom is -0.477 e. The molecule has 0 spiro atoms. The average molecular weight is 383 g/mol. The second kappa shape index (κ2) is 7.81. The van der Waals surface area contributed by atoms with Gasteiger partial charge in [0.05, 0.1) is 4.92 Å². The molecule has 1 aromatic heterocycles. The third-order valence-electron chi connectivity index (χ3n) is 5.06. The lowest BCUT2D eigenvalue weighted by molar-refractivity contribution is -0.384. The van der Waals surface area contributed by atoms with Crippen molar-refractivity contribution in [3.05, 3.63) is 52.7 Å². The van der Waals surface area contributed by atoms with Crippen LogP contribution in [-0.2, 0) is 4.79 Å². The predicted molar refractivity (Wildman–Crippen MR) is 104 cm³/mol. The molecule has 0 saturated carbocycles. The van der Waals surface area contributed by atoms with Crippen molar-refractivity contribution in [3.63, 3.8) is 0 Å². The summed E-state index contributed by atoms with van der Waals surface area (Å²) in [6, 6.07) is 10.3. The van der Waals surface area contributed by atoms with Crippen molar-refractivity contribution in [2.45, 2.75) is 12.5 Å². The molecule has 9 heteroatoms. The van der Waals surface area contributed by atoms with Gasteiger partial charge in [0.2, 0.25) is 0 Å². The molecule has 1 saturated heterocycles. The van der Waals surface area contributed by atoms with E-state index in [9.17, 15) is 14.9 Å². The van der Waals surface area contributed by atoms with Gasteiger partial charge < -0.3 is 15.0 Å². The van der Waals surface area contributed by atoms with Crippen LogP contribution in [-0.4, -0.2) is 59.5 Å². The lowest BCUT2D eigenvalue weighted by atomic mass is 10.1. The summed E-state index contributed by atoms with van der Waals surface area (Å²) >= 11 is 0. The Morgan fingerprint density at radius 2 is 2.04 bits per heavy atom. The highest BCUT2D eigenvalue weighted by atomic mass is 16.6. The van der Waals surface area contributed by atoms with E-state index in [2.05, 4.69) is 20.1 Å². The third kappa shape index (κ3) is 3.89. The number of nitrogens with one attached hydrogen (secondary N) is 1. The van der Waals surface area contributed by atoms with Crippen molar-refractivity contribution in [2.75, 3.05) is 42.9 Å². The molecule has 1 aromatic carbocycles. The van der Waals surface area contributed by atoms with Crippen LogP contribution in [0, 0.1) is 10.1 Å². The number of hydrogen-bond donors (Lipinski definition) is 1. The summed E-state index contributed by atoms with van der Waals surface area (Å²) in [5.74, 6) is 0.901. The number of non-ortho nitro benzene ring substituents is 1. The zero-order valence-corrected chi connectivity index (χ0v) is 15.3. The van der Waals surface area contributed by atoms with Gasteiger partial charge in [0.25, 0.3) is 11.6 Å². The van der Waals surface area contributed by atoms with Gasteiger partial charge >= 0.3 is 0 Å². The van der Waals surface area contributed by atoms with Crippen LogP contribution in [0.4, 0.5) is 17.2 Å². The van der Waals surface area contributed by atoms with E-state index in [-0.39, 0.29) is 16.5 Å². The molecule has 3 heterocycles. The number of benzene rings is 1. The Morgan fingerprint density at radius 3 is 2.82 bits per heavy atom. The Balaban J connectivity index is 1.29. The SMILES string of the molecule is O=C1Nc2ncccc2O[C@@H]1CCN1CCN(c2cccc([N+](=O)[O-])c2)CC1. The first-order valence-electron chi connectivity index (χ1n) is 9.24. The molecule has 28 heavy (non-hydrogen) atoms. The van der Waals surface area contributed by atoms with Gasteiger partial charge in [-0.05, 0) is 18.2 Å². The van der Waals surface area contributed by atoms with E-state index in [0.717, 1.165) is 38.4 Å². The number of hydrogen-bond acceptors (Lipinski definition) is 7. The Morgan fingerprint density at radius 1 is 1.21 bits per heavy atom. The van der Waals surface area contributed by atoms with Gasteiger partial charge in [-0.2, -0.15) is 0 Å². The molecular weight excluding hydrogens is 362 g/mol. The molecule has 146 valence electrons. The Bertz CT molecular complexity index is 882. The number of amides is 1. The summed E-state index contributed by atoms with van der Waals surface area (Å²) in [6.45, 7) is 3.97. The first-order chi connectivity index (χ1) is 13.6. The van der Waals surface area contributed by atoms with Crippen molar-refractivity contribution < 1.29 is 14.5 Å². The number of piperazine rings is 1. The zero-order chi connectivity index (χ0) is 19.5. The van der Waals surface area contributed by atoms with Crippen LogP contribution in [0.5, 0.6) is 5.75 Å². The molecule has 1 atom stereocenters. The topological polar surface area (TPSA) is 101 Å². The Kier molecular flexibility index (Phi) is 5.07. The van der Waals surface area contributed by atoms with E-state index in [4.69, 9.17) is 4.74 Å². The molecule has 0 bridgehead atoms. The summed E-state index contributed by atoms with van der Waals surface area (Å²) in [5.41, 5.74) is 0.975. The molecule has 1 amide bonds. The largest absolute Gasteiger partial charge is 0.477 e. The van der Waals surface area contributed by atoms with Crippen LogP contribution < -0.4 is 15.0 Å². The maximum Gasteiger partial charge on any atom is 0.271 e. The summed E-state index contributed by atoms with van der Waals surface area (Å²) in [4.78, 5) is 31.3. The number of nitro benzene ring substituents is 1. The number of anilines is 2. The molecule has 9 nitrogen and oxygen atoms in total. The van der Waals surface area contributed by atoms with Gasteiger partial charge in [0, 0.05) is 63.2 Å². The first kappa shape index (κ1) is 18.2. The van der Waals surface area contributed by atoms with E-state index >= 15 is 0 Å². The van der Waals surface area contributed by atoms with Crippen molar-refractivity contribution >= 4 is 23.1 Å². The number of ether oxygens (including phenoxy) is 1. The Hall–Kier alpha value is -3.20. The van der Waals surface area contributed by atoms with Crippen LogP contribution >= 0.6 is 0 Å². The highest BCUT2D eigenvalue weighted by molar-refractivity contribution is 5.96. The minimum absolute atomic E-state index is 0.107. The second-order valence-electron chi connectivity index (χ2n) is 6.84. The molecule has 0 aliphatic carbocycles. The fourth-order valence-corrected chi connectivity index (χ4v) is 3.51. The third-order valence-corrected chi connectivity index (χ3v) is 5.06. The maximum absolute atomic E-state index is 12.2. The number of rotatable bonds is 5. The monoisotopic (exact) mass is 383 g/mol. The normalized spacial score (nSPS) is 19.5. The number of carbonyl (C=O) groups excluding carboxylic acids is 1. The average Bonchev–Trinajstić information content (AvgIpc) is 2.72. The van der Waals surface area contributed by atoms with Gasteiger partial charge in [-0.25, -0.2) is 4.98 Å². The highest BCUT2D eigenvalue weighted by Crippen LogP contribution is 2.27. The molecule has 2 aromatic rings. The number of fused-ring (bicyclic) bond motifs is 1. The Labute approximate surface area is 162 Å². The molecule has 2 aliphatic rings. The van der Waals surface area contributed by atoms with Crippen molar-refractivity contribution in [2.24, 2.45) is 0 Å². The summed E-state index contributed by atoms with van der Waals surface area (Å²) in [7, 11) is 0. The number of carbonyl (C=O) groups is 1. The van der Waals surface area contributed by atoms with Crippen molar-refractivity contribution in [1.82, 2.24) is 9.88 Å². The van der Waals surface area contributed by atoms with E-state index < -0.39 is 6.10 Å². The number of pyridine rings is 1. The minimum atomic E-state index is -0.522. The molecule has 0 unspecified atom stereocenters. The van der Waals surface area contributed by atoms with E-state index in [0.29, 0.717) is 18.0 Å². The van der Waals surface area contributed by atoms with Crippen molar-refractivity contribution in [3.8, 4) is 5.75 Å². The zero-order valence-electron chi connectivity index (χ0n) is 15.3. The van der Waals surface area contributed by atoms with Crippen molar-refractivity contribution in [1.29, 1.82) is 0 Å². The summed E-state index contributed by atoms with van der Waals surface area (Å²) in [5, 5.41) is 13.7. The summed E-state index contributed by atoms with van der Waals surface area (Å²) in [6.07, 6.45) is 1.69. The smallest absolute Gasteiger partial charge is 0.271 e. The summed E-state index contributed by atoms with van der Waals surface area (Å²) < 4.78 is 5.79. The van der Waals surface area contributed by atoms with Gasteiger partial charge in [0.15, 0.2) is 17.7 Å². The molecule has 4 rings (SSSR count). The molecule has 2 aliphatic heterocycles. The molecule has 1 N–H and O–H groups in total. The number of nitro groups is 1. The molecule has 1 fully saturated rings. The lowest BCUT2D eigenvalue weighted by Crippen LogP contribution is -2.48. The van der Waals surface area contributed by atoms with E-state index in [1.54, 1.807) is 30.5 Å². The molecular formula is C19H21N5O4. The quantitative estimate of drug-likeness (QED) is 0.622. The fraction of sp³-hybridized carbons (Fsp3) is 0.368. The van der Waals surface area contributed by atoms with Crippen LogP contribution in [0.25, 0.3) is 0 Å². The van der Waals surface area contributed by atoms with Crippen LogP contribution in [0.3, 0.4) is 0 Å². The van der Waals surface area contributed by atoms with E-state index in [1.165, 1.54) is 6.07 Å². The lowest BCUT2D eigenvalue weighted by Gasteiger charge is -2.36. The standard InChI is InChI=1S/C19H21N5O4/c25-19-17(28-16-5-2-7-20-18(16)21-19)6-8-22-9-11-23(12-10-22)14-3-1-4-15(13-14)24(26)27/h1-5,7,13,17H,6,8-12H2,(H,20,21,25)/t17-/m1/s1. The van der Waals surface area contributed by atoms with Crippen LogP contribution in [0.2, 0.25) is 0 Å².